The molecule has 0 aromatic rings. The monoisotopic (exact) mass is 176 g/mol. The summed E-state index contributed by atoms with van der Waals surface area (Å²) in [5, 5.41) is 0.152. The van der Waals surface area contributed by atoms with E-state index in [1.165, 1.54) is 6.92 Å². The molecule has 0 spiro atoms. The molecule has 4 N–H and O–H groups in total. The van der Waals surface area contributed by atoms with Gasteiger partial charge in [-0.25, -0.2) is 0 Å². The molecule has 0 aliphatic rings. The largest absolute Gasteiger partial charge is 0.330 e. The maximum atomic E-state index is 10.7. The van der Waals surface area contributed by atoms with Gasteiger partial charge in [-0.05, 0) is 26.3 Å². The lowest BCUT2D eigenvalue weighted by Crippen LogP contribution is -2.31. The first kappa shape index (κ1) is 10.9. The van der Waals surface area contributed by atoms with Crippen LogP contribution in [0.4, 0.5) is 0 Å². The van der Waals surface area contributed by atoms with Crippen LogP contribution in [0.15, 0.2) is 0 Å². The summed E-state index contributed by atoms with van der Waals surface area (Å²) in [6.45, 7) is 2.09. The molecule has 4 heteroatoms. The number of nitrogens with two attached hydrogens (primary N) is 2. The fraction of sp³-hybridized carbons (Fsp3) is 0.857. The Balaban J connectivity index is 3.56. The molecule has 0 radical (unpaired) electrons. The Labute approximate surface area is 72.9 Å². The van der Waals surface area contributed by atoms with E-state index in [9.17, 15) is 4.79 Å². The van der Waals surface area contributed by atoms with Gasteiger partial charge < -0.3 is 11.5 Å². The van der Waals surface area contributed by atoms with Crippen LogP contribution in [0.2, 0.25) is 0 Å². The van der Waals surface area contributed by atoms with Gasteiger partial charge in [-0.15, -0.1) is 0 Å². The summed E-state index contributed by atoms with van der Waals surface area (Å²) in [5.41, 5.74) is 10.8. The Hall–Kier alpha value is -0.0600. The molecule has 0 saturated carbocycles. The van der Waals surface area contributed by atoms with E-state index in [1.54, 1.807) is 0 Å². The van der Waals surface area contributed by atoms with Crippen LogP contribution >= 0.6 is 12.6 Å². The third kappa shape index (κ3) is 5.24. The summed E-state index contributed by atoms with van der Waals surface area (Å²) in [6, 6.07) is -0.371. The predicted octanol–water partition coefficient (Wildman–Crippen LogP) is -0.0600. The van der Waals surface area contributed by atoms with Crippen molar-refractivity contribution in [3.63, 3.8) is 0 Å². The summed E-state index contributed by atoms with van der Waals surface area (Å²) in [6.07, 6.45) is 1.43. The molecule has 0 amide bonds. The Morgan fingerprint density at radius 3 is 2.55 bits per heavy atom. The van der Waals surface area contributed by atoms with E-state index >= 15 is 0 Å². The number of thiol groups is 1. The molecule has 11 heavy (non-hydrogen) atoms. The smallest absolute Gasteiger partial charge is 0.146 e. The fourth-order valence-electron chi connectivity index (χ4n) is 0.769. The number of carbonyl (C=O) groups is 1. The van der Waals surface area contributed by atoms with Crippen molar-refractivity contribution >= 4 is 18.4 Å². The zero-order chi connectivity index (χ0) is 8.85. The second-order valence-corrected chi connectivity index (χ2v) is 3.41. The van der Waals surface area contributed by atoms with Gasteiger partial charge in [-0.3, -0.25) is 4.79 Å². The first-order valence-electron chi connectivity index (χ1n) is 3.72. The number of rotatable bonds is 5. The first-order chi connectivity index (χ1) is 5.07. The molecule has 0 fully saturated rings. The van der Waals surface area contributed by atoms with Crippen molar-refractivity contribution in [1.29, 1.82) is 0 Å². The van der Waals surface area contributed by atoms with Crippen molar-refractivity contribution in [1.82, 2.24) is 0 Å². The SMILES string of the molecule is CC(=O)C(N)CC(S)CCN. The van der Waals surface area contributed by atoms with Gasteiger partial charge in [-0.1, -0.05) is 0 Å². The Bertz CT molecular complexity index is 130. The standard InChI is InChI=1S/C7H16N2OS/c1-5(10)7(9)4-6(11)2-3-8/h6-7,11H,2-4,8-9H2,1H3. The van der Waals surface area contributed by atoms with Crippen LogP contribution in [0.1, 0.15) is 19.8 Å². The van der Waals surface area contributed by atoms with E-state index in [0.29, 0.717) is 13.0 Å². The van der Waals surface area contributed by atoms with Gasteiger partial charge in [0.2, 0.25) is 0 Å². The number of carbonyl (C=O) groups excluding carboxylic acids is 1. The Morgan fingerprint density at radius 1 is 1.64 bits per heavy atom. The first-order valence-corrected chi connectivity index (χ1v) is 4.23. The molecule has 2 unspecified atom stereocenters. The van der Waals surface area contributed by atoms with Gasteiger partial charge in [0.05, 0.1) is 6.04 Å². The minimum atomic E-state index is -0.371. The van der Waals surface area contributed by atoms with Gasteiger partial charge in [0.1, 0.15) is 5.78 Å². The van der Waals surface area contributed by atoms with Gasteiger partial charge in [0.15, 0.2) is 0 Å². The second kappa shape index (κ2) is 5.57. The Kier molecular flexibility index (Phi) is 5.54. The van der Waals surface area contributed by atoms with Crippen LogP contribution in [0.25, 0.3) is 0 Å². The number of hydrogen-bond acceptors (Lipinski definition) is 4. The van der Waals surface area contributed by atoms with Gasteiger partial charge in [0, 0.05) is 5.25 Å². The van der Waals surface area contributed by atoms with Crippen LogP contribution in [0.5, 0.6) is 0 Å². The molecular formula is C7H16N2OS. The number of Topliss-reactive ketones (excluding diaryl/α,β-unsaturated/α-hetero) is 1. The minimum absolute atomic E-state index is 0.0149. The third-order valence-electron chi connectivity index (χ3n) is 1.55. The molecule has 0 aliphatic carbocycles. The number of ketones is 1. The minimum Gasteiger partial charge on any atom is -0.330 e. The predicted molar refractivity (Wildman–Crippen MR) is 49.7 cm³/mol. The summed E-state index contributed by atoms with van der Waals surface area (Å²) in [4.78, 5) is 10.7. The van der Waals surface area contributed by atoms with Crippen molar-refractivity contribution in [2.24, 2.45) is 11.5 Å². The highest BCUT2D eigenvalue weighted by Gasteiger charge is 2.12. The lowest BCUT2D eigenvalue weighted by atomic mass is 10.1. The summed E-state index contributed by atoms with van der Waals surface area (Å²) < 4.78 is 0. The van der Waals surface area contributed by atoms with Crippen LogP contribution in [-0.2, 0) is 4.79 Å². The van der Waals surface area contributed by atoms with E-state index in [1.807, 2.05) is 0 Å². The van der Waals surface area contributed by atoms with E-state index < -0.39 is 0 Å². The molecule has 0 rings (SSSR count). The third-order valence-corrected chi connectivity index (χ3v) is 2.02. The molecule has 3 nitrogen and oxygen atoms in total. The molecular weight excluding hydrogens is 160 g/mol. The van der Waals surface area contributed by atoms with Crippen molar-refractivity contribution in [3.05, 3.63) is 0 Å². The highest BCUT2D eigenvalue weighted by Crippen LogP contribution is 2.07. The fourth-order valence-corrected chi connectivity index (χ4v) is 1.15. The van der Waals surface area contributed by atoms with E-state index in [0.717, 1.165) is 6.42 Å². The highest BCUT2D eigenvalue weighted by atomic mass is 32.1. The molecule has 0 aliphatic heterocycles. The summed E-state index contributed by atoms with van der Waals surface area (Å²) >= 11 is 4.23. The Morgan fingerprint density at radius 2 is 2.18 bits per heavy atom. The maximum Gasteiger partial charge on any atom is 0.146 e. The zero-order valence-electron chi connectivity index (χ0n) is 6.79. The van der Waals surface area contributed by atoms with Gasteiger partial charge in [-0.2, -0.15) is 12.6 Å². The van der Waals surface area contributed by atoms with Gasteiger partial charge in [0.25, 0.3) is 0 Å². The quantitative estimate of drug-likeness (QED) is 0.514. The molecule has 0 heterocycles. The van der Waals surface area contributed by atoms with Crippen LogP contribution in [0.3, 0.4) is 0 Å². The maximum absolute atomic E-state index is 10.7. The molecule has 0 bridgehead atoms. The normalized spacial score (nSPS) is 16.0. The van der Waals surface area contributed by atoms with Crippen LogP contribution < -0.4 is 11.5 Å². The van der Waals surface area contributed by atoms with E-state index in [-0.39, 0.29) is 17.1 Å². The van der Waals surface area contributed by atoms with Crippen molar-refractivity contribution < 1.29 is 4.79 Å². The lowest BCUT2D eigenvalue weighted by molar-refractivity contribution is -0.118. The van der Waals surface area contributed by atoms with Crippen LogP contribution in [-0.4, -0.2) is 23.6 Å². The average Bonchev–Trinajstić information content (AvgIpc) is 1.87. The summed E-state index contributed by atoms with van der Waals surface area (Å²) in [7, 11) is 0. The zero-order valence-corrected chi connectivity index (χ0v) is 7.68. The number of hydrogen-bond donors (Lipinski definition) is 3. The average molecular weight is 176 g/mol. The van der Waals surface area contributed by atoms with Crippen molar-refractivity contribution in [2.75, 3.05) is 6.54 Å². The molecule has 0 aromatic heterocycles. The molecule has 2 atom stereocenters. The lowest BCUT2D eigenvalue weighted by Gasteiger charge is -2.12. The summed E-state index contributed by atoms with van der Waals surface area (Å²) in [5.74, 6) is 0.0149. The topological polar surface area (TPSA) is 69.1 Å². The van der Waals surface area contributed by atoms with E-state index in [4.69, 9.17) is 11.5 Å². The van der Waals surface area contributed by atoms with Crippen molar-refractivity contribution in [3.8, 4) is 0 Å². The second-order valence-electron chi connectivity index (χ2n) is 2.68. The van der Waals surface area contributed by atoms with Crippen molar-refractivity contribution in [2.45, 2.75) is 31.1 Å². The van der Waals surface area contributed by atoms with Gasteiger partial charge >= 0.3 is 0 Å². The highest BCUT2D eigenvalue weighted by molar-refractivity contribution is 7.80. The molecule has 0 saturated heterocycles. The molecule has 0 aromatic carbocycles. The molecule has 66 valence electrons. The van der Waals surface area contributed by atoms with Crippen LogP contribution in [0, 0.1) is 0 Å². The van der Waals surface area contributed by atoms with E-state index in [2.05, 4.69) is 12.6 Å².